The molecule has 12 heteroatoms. The lowest BCUT2D eigenvalue weighted by Gasteiger charge is -2.37. The summed E-state index contributed by atoms with van der Waals surface area (Å²) in [5, 5.41) is 12.9. The van der Waals surface area contributed by atoms with Crippen molar-refractivity contribution >= 4 is 11.4 Å². The van der Waals surface area contributed by atoms with E-state index in [4.69, 9.17) is 14.2 Å². The number of hydrogen-bond acceptors (Lipinski definition) is 9. The molecule has 2 aliphatic heterocycles. The average Bonchev–Trinajstić information content (AvgIpc) is 3.89. The fraction of sp³-hybridized carbons (Fsp3) is 0.389. The lowest BCUT2D eigenvalue weighted by Crippen LogP contribution is -2.46. The Kier molecular flexibility index (Phi) is 9.00. The van der Waals surface area contributed by atoms with E-state index in [1.165, 1.54) is 5.69 Å². The molecular weight excluding hydrogens is 608 g/mol. The number of hydrogen-bond donors (Lipinski definition) is 0. The van der Waals surface area contributed by atoms with E-state index in [0.29, 0.717) is 19.8 Å². The van der Waals surface area contributed by atoms with Crippen LogP contribution in [0.1, 0.15) is 37.4 Å². The van der Waals surface area contributed by atoms with Gasteiger partial charge in [-0.05, 0) is 74.4 Å². The molecule has 0 bridgehead atoms. The van der Waals surface area contributed by atoms with Gasteiger partial charge >= 0.3 is 5.69 Å². The van der Waals surface area contributed by atoms with Crippen molar-refractivity contribution in [2.45, 2.75) is 51.7 Å². The van der Waals surface area contributed by atoms with E-state index in [9.17, 15) is 4.79 Å². The van der Waals surface area contributed by atoms with Crippen LogP contribution >= 0.6 is 0 Å². The number of nitrogens with zero attached hydrogens (tertiary/aromatic N) is 8. The number of aryl methyl sites for hydroxylation is 1. The van der Waals surface area contributed by atoms with E-state index in [0.717, 1.165) is 60.9 Å². The second-order valence-corrected chi connectivity index (χ2v) is 12.5. The molecule has 0 aliphatic carbocycles. The van der Waals surface area contributed by atoms with Crippen LogP contribution < -0.4 is 20.2 Å². The summed E-state index contributed by atoms with van der Waals surface area (Å²) in [6.07, 6.45) is 5.52. The third-order valence-corrected chi connectivity index (χ3v) is 9.34. The van der Waals surface area contributed by atoms with Gasteiger partial charge in [0.05, 0.1) is 30.7 Å². The van der Waals surface area contributed by atoms with Crippen molar-refractivity contribution in [3.05, 3.63) is 113 Å². The van der Waals surface area contributed by atoms with Crippen LogP contribution in [-0.2, 0) is 21.8 Å². The number of benzene rings is 3. The van der Waals surface area contributed by atoms with Crippen LogP contribution in [0.15, 0.2) is 96.3 Å². The predicted octanol–water partition coefficient (Wildman–Crippen LogP) is 4.58. The maximum atomic E-state index is 12.8. The van der Waals surface area contributed by atoms with Crippen LogP contribution in [0, 0.1) is 6.92 Å². The summed E-state index contributed by atoms with van der Waals surface area (Å²) in [7, 11) is 0. The highest BCUT2D eigenvalue weighted by Crippen LogP contribution is 2.37. The number of anilines is 2. The van der Waals surface area contributed by atoms with Gasteiger partial charge in [0.1, 0.15) is 31.3 Å². The summed E-state index contributed by atoms with van der Waals surface area (Å²) in [6, 6.07) is 24.6. The Balaban J connectivity index is 0.921. The minimum atomic E-state index is -0.983. The van der Waals surface area contributed by atoms with Crippen LogP contribution in [-0.4, -0.2) is 74.8 Å². The molecule has 7 rings (SSSR count). The zero-order valence-corrected chi connectivity index (χ0v) is 27.7. The summed E-state index contributed by atoms with van der Waals surface area (Å²) in [5.74, 6) is -0.194. The van der Waals surface area contributed by atoms with Gasteiger partial charge in [-0.15, -0.1) is 0 Å². The topological polar surface area (TPSA) is 105 Å². The molecular formula is C36H42N8O4. The van der Waals surface area contributed by atoms with E-state index in [1.807, 2.05) is 49.4 Å². The number of piperazine rings is 1. The summed E-state index contributed by atoms with van der Waals surface area (Å²) >= 11 is 0. The molecule has 0 amide bonds. The van der Waals surface area contributed by atoms with Crippen LogP contribution in [0.25, 0.3) is 5.69 Å². The normalized spacial score (nSPS) is 20.3. The quantitative estimate of drug-likeness (QED) is 0.203. The molecule has 2 aliphatic rings. The first-order valence-electron chi connectivity index (χ1n) is 16.6. The van der Waals surface area contributed by atoms with Gasteiger partial charge in [-0.25, -0.2) is 14.0 Å². The molecule has 12 nitrogen and oxygen atoms in total. The molecule has 5 aromatic rings. The van der Waals surface area contributed by atoms with E-state index >= 15 is 0 Å². The third-order valence-electron chi connectivity index (χ3n) is 9.34. The highest BCUT2D eigenvalue weighted by atomic mass is 16.8. The third kappa shape index (κ3) is 6.45. The van der Waals surface area contributed by atoms with Crippen molar-refractivity contribution in [3.8, 4) is 11.4 Å². The van der Waals surface area contributed by atoms with Gasteiger partial charge in [-0.1, -0.05) is 31.2 Å². The van der Waals surface area contributed by atoms with E-state index < -0.39 is 5.79 Å². The molecule has 48 heavy (non-hydrogen) atoms. The van der Waals surface area contributed by atoms with Gasteiger partial charge in [0.25, 0.3) is 0 Å². The minimum absolute atomic E-state index is 0.0716. The van der Waals surface area contributed by atoms with Crippen molar-refractivity contribution in [2.24, 2.45) is 0 Å². The Morgan fingerprint density at radius 2 is 1.50 bits per heavy atom. The van der Waals surface area contributed by atoms with Crippen molar-refractivity contribution in [3.63, 3.8) is 0 Å². The summed E-state index contributed by atoms with van der Waals surface area (Å²) in [6.45, 7) is 10.8. The van der Waals surface area contributed by atoms with Crippen LogP contribution in [0.2, 0.25) is 0 Å². The summed E-state index contributed by atoms with van der Waals surface area (Å²) < 4.78 is 22.2. The first-order valence-corrected chi connectivity index (χ1v) is 16.6. The largest absolute Gasteiger partial charge is 0.491 e. The Morgan fingerprint density at radius 3 is 2.15 bits per heavy atom. The molecule has 0 N–H and O–H groups in total. The van der Waals surface area contributed by atoms with E-state index in [1.54, 1.807) is 32.8 Å². The van der Waals surface area contributed by atoms with Gasteiger partial charge < -0.3 is 24.0 Å². The van der Waals surface area contributed by atoms with Crippen molar-refractivity contribution in [2.75, 3.05) is 49.2 Å². The van der Waals surface area contributed by atoms with Crippen molar-refractivity contribution in [1.82, 2.24) is 29.3 Å². The number of aromatic nitrogens is 6. The highest BCUT2D eigenvalue weighted by Gasteiger charge is 2.45. The Labute approximate surface area is 280 Å². The molecule has 1 unspecified atom stereocenters. The Bertz CT molecular complexity index is 1850. The van der Waals surface area contributed by atoms with Crippen LogP contribution in [0.5, 0.6) is 5.75 Å². The standard InChI is InChI=1S/C36H42N8O4/c1-4-28(3)44-35(45)42(26-39-44)31-11-9-29(10-12-31)40-19-21-41(22-20-40)30-13-15-32(16-14-30)46-23-33-24-47-36(48-33,25-43-37-17-18-38-43)34-8-6-5-7-27(34)2/h5-18,26,28,33H,4,19-25H2,1-3H3/t28?,33-,36-/m1/s1. The van der Waals surface area contributed by atoms with Crippen LogP contribution in [0.3, 0.4) is 0 Å². The molecule has 0 spiro atoms. The highest BCUT2D eigenvalue weighted by molar-refractivity contribution is 5.54. The molecule has 3 aromatic carbocycles. The molecule has 4 heterocycles. The molecule has 3 atom stereocenters. The predicted molar refractivity (Wildman–Crippen MR) is 183 cm³/mol. The van der Waals surface area contributed by atoms with Gasteiger partial charge in [0.2, 0.25) is 5.79 Å². The first kappa shape index (κ1) is 31.6. The van der Waals surface area contributed by atoms with Crippen molar-refractivity contribution < 1.29 is 14.2 Å². The number of ether oxygens (including phenoxy) is 3. The van der Waals surface area contributed by atoms with Gasteiger partial charge in [0.15, 0.2) is 0 Å². The van der Waals surface area contributed by atoms with Crippen LogP contribution in [0.4, 0.5) is 11.4 Å². The zero-order valence-electron chi connectivity index (χ0n) is 27.7. The maximum Gasteiger partial charge on any atom is 0.350 e. The van der Waals surface area contributed by atoms with E-state index in [2.05, 4.69) is 69.3 Å². The second kappa shape index (κ2) is 13.7. The number of rotatable bonds is 11. The maximum absolute atomic E-state index is 12.8. The Hall–Kier alpha value is -4.94. The van der Waals surface area contributed by atoms with Gasteiger partial charge in [0, 0.05) is 43.1 Å². The lowest BCUT2D eigenvalue weighted by atomic mass is 10.0. The Morgan fingerprint density at radius 1 is 0.875 bits per heavy atom. The second-order valence-electron chi connectivity index (χ2n) is 12.5. The van der Waals surface area contributed by atoms with Crippen molar-refractivity contribution in [1.29, 1.82) is 0 Å². The fourth-order valence-electron chi connectivity index (χ4n) is 6.43. The summed E-state index contributed by atoms with van der Waals surface area (Å²) in [5.41, 5.74) is 5.08. The minimum Gasteiger partial charge on any atom is -0.491 e. The SMILES string of the molecule is CCC(C)n1ncn(-c2ccc(N3CCN(c4ccc(OC[C@@H]5CO[C@@](Cn6nccn6)(c6ccccc6C)O5)cc4)CC3)cc2)c1=O. The lowest BCUT2D eigenvalue weighted by molar-refractivity contribution is -0.192. The van der Waals surface area contributed by atoms with Gasteiger partial charge in [-0.3, -0.25) is 0 Å². The molecule has 0 saturated carbocycles. The first-order chi connectivity index (χ1) is 23.4. The molecule has 250 valence electrons. The monoisotopic (exact) mass is 650 g/mol. The fourth-order valence-corrected chi connectivity index (χ4v) is 6.43. The molecule has 0 radical (unpaired) electrons. The summed E-state index contributed by atoms with van der Waals surface area (Å²) in [4.78, 5) is 19.2. The average molecular weight is 651 g/mol. The van der Waals surface area contributed by atoms with Gasteiger partial charge in [-0.2, -0.15) is 20.1 Å². The van der Waals surface area contributed by atoms with E-state index in [-0.39, 0.29) is 17.8 Å². The molecule has 2 saturated heterocycles. The molecule has 2 fully saturated rings. The molecule has 2 aromatic heterocycles. The zero-order chi connectivity index (χ0) is 33.1. The smallest absolute Gasteiger partial charge is 0.350 e.